The third kappa shape index (κ3) is 15.8. The van der Waals surface area contributed by atoms with Crippen LogP contribution in [0.5, 0.6) is 0 Å². The van der Waals surface area contributed by atoms with Gasteiger partial charge in [-0.2, -0.15) is 0 Å². The molecule has 0 aromatic carbocycles. The number of allylic oxidation sites excluding steroid dienone is 2. The molecule has 0 heterocycles. The van der Waals surface area contributed by atoms with Gasteiger partial charge in [-0.05, 0) is 19.3 Å². The van der Waals surface area contributed by atoms with Crippen molar-refractivity contribution in [1.29, 1.82) is 0 Å². The van der Waals surface area contributed by atoms with E-state index < -0.39 is 7.68 Å². The lowest BCUT2D eigenvalue weighted by Crippen LogP contribution is -2.42. The van der Waals surface area contributed by atoms with E-state index in [9.17, 15) is 9.13 Å². The Labute approximate surface area is 164 Å². The Morgan fingerprint density at radius 3 is 1.54 bits per heavy atom. The van der Waals surface area contributed by atoms with Crippen LogP contribution < -0.4 is 0 Å². The standard InChI is InChI=1S/C22H45NO2P/c1-5-6-7-8-9-10-11-12-13-14-15-16-17-18-19-20-21-22(26(24)25)23(2,3)4/h18-19,22H,5-17,20-21H2,1-4H3/q+1. The van der Waals surface area contributed by atoms with E-state index in [1.54, 1.807) is 0 Å². The molecule has 0 aliphatic rings. The predicted octanol–water partition coefficient (Wildman–Crippen LogP) is 7.62. The van der Waals surface area contributed by atoms with Gasteiger partial charge in [0.25, 0.3) is 0 Å². The van der Waals surface area contributed by atoms with E-state index in [-0.39, 0.29) is 5.78 Å². The van der Waals surface area contributed by atoms with Crippen LogP contribution in [0.3, 0.4) is 0 Å². The summed E-state index contributed by atoms with van der Waals surface area (Å²) >= 11 is 0. The number of hydrogen-bond acceptors (Lipinski definition) is 2. The predicted molar refractivity (Wildman–Crippen MR) is 114 cm³/mol. The molecule has 0 saturated heterocycles. The summed E-state index contributed by atoms with van der Waals surface area (Å²) in [6, 6.07) is 0. The zero-order chi connectivity index (χ0) is 19.7. The molecular formula is C22H45NO2P+. The maximum absolute atomic E-state index is 11.3. The molecule has 0 amide bonds. The van der Waals surface area contributed by atoms with E-state index in [4.69, 9.17) is 0 Å². The van der Waals surface area contributed by atoms with Gasteiger partial charge in [-0.3, -0.25) is 0 Å². The highest BCUT2D eigenvalue weighted by atomic mass is 31.1. The average Bonchev–Trinajstić information content (AvgIpc) is 2.56. The van der Waals surface area contributed by atoms with Crippen molar-refractivity contribution in [1.82, 2.24) is 0 Å². The van der Waals surface area contributed by atoms with Gasteiger partial charge in [0, 0.05) is 6.42 Å². The molecule has 154 valence electrons. The van der Waals surface area contributed by atoms with Crippen molar-refractivity contribution in [2.24, 2.45) is 0 Å². The summed E-state index contributed by atoms with van der Waals surface area (Å²) in [6.45, 7) is 2.27. The van der Waals surface area contributed by atoms with Crippen molar-refractivity contribution in [3.63, 3.8) is 0 Å². The molecule has 26 heavy (non-hydrogen) atoms. The van der Waals surface area contributed by atoms with E-state index in [1.807, 2.05) is 21.1 Å². The fourth-order valence-corrected chi connectivity index (χ4v) is 4.29. The second kappa shape index (κ2) is 16.8. The van der Waals surface area contributed by atoms with Crippen LogP contribution in [0.1, 0.15) is 103 Å². The monoisotopic (exact) mass is 386 g/mol. The maximum Gasteiger partial charge on any atom is 0.375 e. The number of quaternary nitrogens is 1. The zero-order valence-corrected chi connectivity index (χ0v) is 18.9. The van der Waals surface area contributed by atoms with E-state index in [2.05, 4.69) is 19.1 Å². The first-order valence-electron chi connectivity index (χ1n) is 11.0. The van der Waals surface area contributed by atoms with E-state index in [1.165, 1.54) is 77.0 Å². The Balaban J connectivity index is 3.43. The third-order valence-electron chi connectivity index (χ3n) is 5.12. The lowest BCUT2D eigenvalue weighted by molar-refractivity contribution is -0.882. The normalized spacial score (nSPS) is 13.4. The average molecular weight is 387 g/mol. The van der Waals surface area contributed by atoms with Gasteiger partial charge >= 0.3 is 7.68 Å². The lowest BCUT2D eigenvalue weighted by Gasteiger charge is -2.28. The molecule has 0 rings (SSSR count). The molecule has 0 saturated carbocycles. The summed E-state index contributed by atoms with van der Waals surface area (Å²) < 4.78 is 23.2. The van der Waals surface area contributed by atoms with Crippen molar-refractivity contribution >= 4 is 7.68 Å². The quantitative estimate of drug-likeness (QED) is 0.105. The van der Waals surface area contributed by atoms with Crippen molar-refractivity contribution in [3.8, 4) is 0 Å². The fraction of sp³-hybridized carbons (Fsp3) is 0.909. The summed E-state index contributed by atoms with van der Waals surface area (Å²) in [6.07, 6.45) is 23.8. The first-order valence-corrected chi connectivity index (χ1v) is 12.2. The van der Waals surface area contributed by atoms with Crippen LogP contribution in [-0.4, -0.2) is 31.4 Å². The highest BCUT2D eigenvalue weighted by Gasteiger charge is 2.28. The highest BCUT2D eigenvalue weighted by molar-refractivity contribution is 7.31. The Morgan fingerprint density at radius 1 is 0.692 bits per heavy atom. The molecule has 3 nitrogen and oxygen atoms in total. The number of unbranched alkanes of at least 4 members (excludes halogenated alkanes) is 12. The Bertz CT molecular complexity index is 403. The first-order chi connectivity index (χ1) is 12.4. The van der Waals surface area contributed by atoms with Crippen LogP contribution in [0, 0.1) is 0 Å². The molecule has 0 aromatic heterocycles. The summed E-state index contributed by atoms with van der Waals surface area (Å²) in [5.41, 5.74) is 0. The van der Waals surface area contributed by atoms with Gasteiger partial charge in [0.15, 0.2) is 5.78 Å². The lowest BCUT2D eigenvalue weighted by atomic mass is 10.0. The fourth-order valence-electron chi connectivity index (χ4n) is 3.36. The van der Waals surface area contributed by atoms with Crippen LogP contribution in [-0.2, 0) is 9.13 Å². The molecule has 0 fully saturated rings. The molecule has 1 unspecified atom stereocenters. The van der Waals surface area contributed by atoms with Gasteiger partial charge in [0.2, 0.25) is 0 Å². The number of rotatable bonds is 18. The van der Waals surface area contributed by atoms with Crippen LogP contribution >= 0.6 is 7.68 Å². The highest BCUT2D eigenvalue weighted by Crippen LogP contribution is 2.26. The minimum absolute atomic E-state index is 0.277. The third-order valence-corrected chi connectivity index (χ3v) is 6.56. The molecule has 0 N–H and O–H groups in total. The van der Waals surface area contributed by atoms with Crippen LogP contribution in [0.25, 0.3) is 0 Å². The molecule has 0 spiro atoms. The molecule has 4 heteroatoms. The number of hydrogen-bond donors (Lipinski definition) is 0. The molecule has 0 radical (unpaired) electrons. The Hall–Kier alpha value is -0.400. The minimum Gasteiger partial charge on any atom is -0.317 e. The van der Waals surface area contributed by atoms with Gasteiger partial charge in [-0.25, -0.2) is 9.13 Å². The minimum atomic E-state index is -2.36. The summed E-state index contributed by atoms with van der Waals surface area (Å²) in [4.78, 5) is 0. The van der Waals surface area contributed by atoms with Crippen molar-refractivity contribution in [3.05, 3.63) is 12.2 Å². The summed E-state index contributed by atoms with van der Waals surface area (Å²) in [5.74, 6) is -0.277. The smallest absolute Gasteiger partial charge is 0.317 e. The van der Waals surface area contributed by atoms with Gasteiger partial charge in [-0.1, -0.05) is 89.7 Å². The van der Waals surface area contributed by atoms with Crippen LogP contribution in [0.15, 0.2) is 12.2 Å². The van der Waals surface area contributed by atoms with Gasteiger partial charge in [-0.15, -0.1) is 0 Å². The van der Waals surface area contributed by atoms with E-state index >= 15 is 0 Å². The van der Waals surface area contributed by atoms with E-state index in [0.717, 1.165) is 19.3 Å². The van der Waals surface area contributed by atoms with E-state index in [0.29, 0.717) is 4.48 Å². The molecule has 0 aliphatic heterocycles. The van der Waals surface area contributed by atoms with Gasteiger partial charge in [0.05, 0.1) is 21.1 Å². The Morgan fingerprint density at radius 2 is 1.12 bits per heavy atom. The SMILES string of the molecule is CCCCCCCCCCCCCCC=CCCC(P(=O)=O)[N+](C)(C)C. The largest absolute Gasteiger partial charge is 0.375 e. The van der Waals surface area contributed by atoms with Crippen molar-refractivity contribution in [2.75, 3.05) is 21.1 Å². The summed E-state index contributed by atoms with van der Waals surface area (Å²) in [7, 11) is 3.49. The molecular weight excluding hydrogens is 341 g/mol. The molecule has 0 aliphatic carbocycles. The van der Waals surface area contributed by atoms with Gasteiger partial charge in [0.1, 0.15) is 0 Å². The van der Waals surface area contributed by atoms with Crippen molar-refractivity contribution in [2.45, 2.75) is 109 Å². The molecule has 0 aromatic rings. The summed E-state index contributed by atoms with van der Waals surface area (Å²) in [5, 5.41) is 0. The number of nitrogens with zero attached hydrogens (tertiary/aromatic N) is 1. The second-order valence-corrected chi connectivity index (χ2v) is 9.78. The van der Waals surface area contributed by atoms with Crippen LogP contribution in [0.4, 0.5) is 0 Å². The Kier molecular flexibility index (Phi) is 16.5. The molecule has 1 atom stereocenters. The zero-order valence-electron chi connectivity index (χ0n) is 18.0. The topological polar surface area (TPSA) is 34.1 Å². The first kappa shape index (κ1) is 25.6. The second-order valence-electron chi connectivity index (χ2n) is 8.61. The molecule has 0 bridgehead atoms. The van der Waals surface area contributed by atoms with Crippen molar-refractivity contribution < 1.29 is 13.6 Å². The maximum atomic E-state index is 11.3. The van der Waals surface area contributed by atoms with Crippen LogP contribution in [0.2, 0.25) is 0 Å². The van der Waals surface area contributed by atoms with Gasteiger partial charge < -0.3 is 4.48 Å².